The number of rotatable bonds is 4. The topological polar surface area (TPSA) is 49.8 Å². The molecule has 13 heavy (non-hydrogen) atoms. The minimum atomic E-state index is -1.38. The highest BCUT2D eigenvalue weighted by Gasteiger charge is 2.37. The summed E-state index contributed by atoms with van der Waals surface area (Å²) in [6.07, 6.45) is 2.32. The molecule has 0 aromatic carbocycles. The molecule has 0 aromatic rings. The quantitative estimate of drug-likeness (QED) is 0.630. The Labute approximate surface area is 78.5 Å². The first-order valence-electron chi connectivity index (χ1n) is 4.48. The Hall–Kier alpha value is -0.610. The Morgan fingerprint density at radius 3 is 2.62 bits per heavy atom. The van der Waals surface area contributed by atoms with E-state index in [0.29, 0.717) is 12.6 Å². The molecule has 0 aromatic heterocycles. The molecule has 76 valence electrons. The summed E-state index contributed by atoms with van der Waals surface area (Å²) in [7, 11) is 3.20. The van der Waals surface area contributed by atoms with Gasteiger partial charge >= 0.3 is 5.97 Å². The number of aliphatic hydroxyl groups is 1. The normalized spacial score (nSPS) is 21.3. The van der Waals surface area contributed by atoms with Crippen molar-refractivity contribution in [2.75, 3.05) is 20.7 Å². The molecule has 0 spiro atoms. The summed E-state index contributed by atoms with van der Waals surface area (Å²) in [5.41, 5.74) is -1.38. The molecule has 0 aliphatic heterocycles. The highest BCUT2D eigenvalue weighted by Crippen LogP contribution is 2.26. The zero-order valence-electron chi connectivity index (χ0n) is 8.41. The van der Waals surface area contributed by atoms with Crippen molar-refractivity contribution in [1.29, 1.82) is 0 Å². The first-order chi connectivity index (χ1) is 5.97. The molecule has 0 amide bonds. The van der Waals surface area contributed by atoms with Gasteiger partial charge in [0.1, 0.15) is 0 Å². The standard InChI is InChI=1S/C9H17NO3/c1-9(12,8(11)13-3)6-10(2)7-4-5-7/h7,12H,4-6H2,1-3H3. The summed E-state index contributed by atoms with van der Waals surface area (Å²) in [6, 6.07) is 0.538. The van der Waals surface area contributed by atoms with Crippen LogP contribution in [0.15, 0.2) is 0 Å². The summed E-state index contributed by atoms with van der Waals surface area (Å²) in [4.78, 5) is 13.1. The predicted molar refractivity (Wildman–Crippen MR) is 48.3 cm³/mol. The average molecular weight is 187 g/mol. The highest BCUT2D eigenvalue weighted by molar-refractivity contribution is 5.78. The Bertz CT molecular complexity index is 199. The van der Waals surface area contributed by atoms with Gasteiger partial charge in [-0.15, -0.1) is 0 Å². The van der Waals surface area contributed by atoms with Crippen molar-refractivity contribution < 1.29 is 14.6 Å². The van der Waals surface area contributed by atoms with Gasteiger partial charge in [-0.25, -0.2) is 4.79 Å². The fraction of sp³-hybridized carbons (Fsp3) is 0.889. The van der Waals surface area contributed by atoms with Gasteiger partial charge in [0.15, 0.2) is 5.60 Å². The van der Waals surface area contributed by atoms with Crippen LogP contribution in [-0.4, -0.2) is 48.3 Å². The SMILES string of the molecule is COC(=O)C(C)(O)CN(C)C1CC1. The van der Waals surface area contributed by atoms with Crippen LogP contribution in [0.4, 0.5) is 0 Å². The molecular weight excluding hydrogens is 170 g/mol. The maximum atomic E-state index is 11.1. The van der Waals surface area contributed by atoms with Crippen molar-refractivity contribution in [3.63, 3.8) is 0 Å². The minimum Gasteiger partial charge on any atom is -0.467 e. The maximum absolute atomic E-state index is 11.1. The fourth-order valence-corrected chi connectivity index (χ4v) is 1.41. The number of ether oxygens (including phenoxy) is 1. The zero-order valence-corrected chi connectivity index (χ0v) is 8.41. The smallest absolute Gasteiger partial charge is 0.338 e. The fourth-order valence-electron chi connectivity index (χ4n) is 1.41. The van der Waals surface area contributed by atoms with Crippen LogP contribution in [-0.2, 0) is 9.53 Å². The third-order valence-corrected chi connectivity index (χ3v) is 2.35. The lowest BCUT2D eigenvalue weighted by atomic mass is 10.1. The molecule has 0 bridgehead atoms. The van der Waals surface area contributed by atoms with E-state index >= 15 is 0 Å². The Morgan fingerprint density at radius 1 is 1.69 bits per heavy atom. The summed E-state index contributed by atoms with van der Waals surface area (Å²) >= 11 is 0. The van der Waals surface area contributed by atoms with Gasteiger partial charge in [0.25, 0.3) is 0 Å². The van der Waals surface area contributed by atoms with E-state index in [2.05, 4.69) is 4.74 Å². The van der Waals surface area contributed by atoms with Crippen molar-refractivity contribution in [3.8, 4) is 0 Å². The molecule has 0 saturated heterocycles. The van der Waals surface area contributed by atoms with Crippen molar-refractivity contribution in [2.24, 2.45) is 0 Å². The molecule has 1 fully saturated rings. The molecule has 4 nitrogen and oxygen atoms in total. The summed E-state index contributed by atoms with van der Waals surface area (Å²) < 4.78 is 4.50. The number of hydrogen-bond acceptors (Lipinski definition) is 4. The summed E-state index contributed by atoms with van der Waals surface area (Å²) in [5, 5.41) is 9.71. The molecule has 1 atom stereocenters. The number of methoxy groups -OCH3 is 1. The Morgan fingerprint density at radius 2 is 2.23 bits per heavy atom. The van der Waals surface area contributed by atoms with Crippen molar-refractivity contribution in [3.05, 3.63) is 0 Å². The Kier molecular flexibility index (Phi) is 2.93. The molecule has 4 heteroatoms. The van der Waals surface area contributed by atoms with Gasteiger partial charge in [0.05, 0.1) is 7.11 Å². The molecule has 1 unspecified atom stereocenters. The molecular formula is C9H17NO3. The van der Waals surface area contributed by atoms with Crippen LogP contribution in [0.5, 0.6) is 0 Å². The van der Waals surface area contributed by atoms with Crippen LogP contribution in [0.25, 0.3) is 0 Å². The predicted octanol–water partition coefficient (Wildman–Crippen LogP) is 0.00460. The first-order valence-corrected chi connectivity index (χ1v) is 4.48. The van der Waals surface area contributed by atoms with Gasteiger partial charge < -0.3 is 9.84 Å². The lowest BCUT2D eigenvalue weighted by Gasteiger charge is -2.26. The van der Waals surface area contributed by atoms with E-state index in [1.54, 1.807) is 0 Å². The molecule has 0 heterocycles. The lowest BCUT2D eigenvalue weighted by Crippen LogP contribution is -2.46. The van der Waals surface area contributed by atoms with Crippen molar-refractivity contribution in [1.82, 2.24) is 4.90 Å². The van der Waals surface area contributed by atoms with Crippen molar-refractivity contribution >= 4 is 5.97 Å². The number of nitrogens with zero attached hydrogens (tertiary/aromatic N) is 1. The van der Waals surface area contributed by atoms with Gasteiger partial charge in [-0.3, -0.25) is 4.90 Å². The van der Waals surface area contributed by atoms with Gasteiger partial charge in [-0.1, -0.05) is 0 Å². The summed E-state index contributed by atoms with van der Waals surface area (Å²) in [6.45, 7) is 1.82. The van der Waals surface area contributed by atoms with Crippen LogP contribution in [0.3, 0.4) is 0 Å². The van der Waals surface area contributed by atoms with E-state index in [-0.39, 0.29) is 0 Å². The summed E-state index contributed by atoms with van der Waals surface area (Å²) in [5.74, 6) is -0.569. The van der Waals surface area contributed by atoms with E-state index in [4.69, 9.17) is 0 Å². The third-order valence-electron chi connectivity index (χ3n) is 2.35. The van der Waals surface area contributed by atoms with Gasteiger partial charge in [-0.05, 0) is 26.8 Å². The van der Waals surface area contributed by atoms with Gasteiger partial charge in [0.2, 0.25) is 0 Å². The minimum absolute atomic E-state index is 0.338. The van der Waals surface area contributed by atoms with Gasteiger partial charge in [0, 0.05) is 12.6 Å². The van der Waals surface area contributed by atoms with Crippen LogP contribution in [0, 0.1) is 0 Å². The second-order valence-electron chi connectivity index (χ2n) is 3.91. The van der Waals surface area contributed by atoms with E-state index in [1.165, 1.54) is 14.0 Å². The third kappa shape index (κ3) is 2.67. The second kappa shape index (κ2) is 3.64. The first kappa shape index (κ1) is 10.5. The van der Waals surface area contributed by atoms with E-state index < -0.39 is 11.6 Å². The van der Waals surface area contributed by atoms with Crippen LogP contribution >= 0.6 is 0 Å². The monoisotopic (exact) mass is 187 g/mol. The number of hydrogen-bond donors (Lipinski definition) is 1. The zero-order chi connectivity index (χ0) is 10.1. The lowest BCUT2D eigenvalue weighted by molar-refractivity contribution is -0.162. The molecule has 1 saturated carbocycles. The molecule has 1 rings (SSSR count). The number of esters is 1. The van der Waals surface area contributed by atoms with Gasteiger partial charge in [-0.2, -0.15) is 0 Å². The molecule has 0 radical (unpaired) electrons. The number of carbonyl (C=O) groups is 1. The van der Waals surface area contributed by atoms with E-state index in [9.17, 15) is 9.90 Å². The maximum Gasteiger partial charge on any atom is 0.338 e. The number of likely N-dealkylation sites (N-methyl/N-ethyl adjacent to an activating group) is 1. The highest BCUT2D eigenvalue weighted by atomic mass is 16.5. The molecule has 1 N–H and O–H groups in total. The Balaban J connectivity index is 2.44. The van der Waals surface area contributed by atoms with Crippen LogP contribution in [0.2, 0.25) is 0 Å². The number of carbonyl (C=O) groups excluding carboxylic acids is 1. The van der Waals surface area contributed by atoms with E-state index in [1.807, 2.05) is 11.9 Å². The average Bonchev–Trinajstić information content (AvgIpc) is 2.84. The largest absolute Gasteiger partial charge is 0.467 e. The second-order valence-corrected chi connectivity index (χ2v) is 3.91. The van der Waals surface area contributed by atoms with E-state index in [0.717, 1.165) is 12.8 Å². The van der Waals surface area contributed by atoms with Crippen molar-refractivity contribution in [2.45, 2.75) is 31.4 Å². The molecule has 1 aliphatic carbocycles. The van der Waals surface area contributed by atoms with Crippen LogP contribution < -0.4 is 0 Å². The molecule has 1 aliphatic rings. The van der Waals surface area contributed by atoms with Crippen LogP contribution in [0.1, 0.15) is 19.8 Å².